The van der Waals surface area contributed by atoms with Gasteiger partial charge in [-0.3, -0.25) is 0 Å². The zero-order valence-electron chi connectivity index (χ0n) is 10.3. The number of hydrogen-bond acceptors (Lipinski definition) is 2. The molecule has 0 bridgehead atoms. The van der Waals surface area contributed by atoms with E-state index in [-0.39, 0.29) is 6.04 Å². The molecular formula is C14H20ClNO. The van der Waals surface area contributed by atoms with E-state index in [2.05, 4.69) is 0 Å². The monoisotopic (exact) mass is 253 g/mol. The Balaban J connectivity index is 1.99. The van der Waals surface area contributed by atoms with Crippen LogP contribution in [0.25, 0.3) is 0 Å². The molecule has 0 heterocycles. The molecule has 1 aliphatic carbocycles. The minimum atomic E-state index is 0.0979. The van der Waals surface area contributed by atoms with Crippen molar-refractivity contribution in [2.24, 2.45) is 11.7 Å². The van der Waals surface area contributed by atoms with Gasteiger partial charge in [-0.15, -0.1) is 0 Å². The Morgan fingerprint density at radius 1 is 1.47 bits per heavy atom. The van der Waals surface area contributed by atoms with Crippen molar-refractivity contribution in [2.75, 3.05) is 6.61 Å². The summed E-state index contributed by atoms with van der Waals surface area (Å²) in [7, 11) is 0. The molecule has 0 saturated heterocycles. The van der Waals surface area contributed by atoms with Gasteiger partial charge >= 0.3 is 0 Å². The summed E-state index contributed by atoms with van der Waals surface area (Å²) < 4.78 is 5.83. The third-order valence-corrected chi connectivity index (χ3v) is 3.44. The van der Waals surface area contributed by atoms with Crippen LogP contribution in [0.3, 0.4) is 0 Å². The molecule has 0 aliphatic heterocycles. The highest BCUT2D eigenvalue weighted by atomic mass is 35.5. The van der Waals surface area contributed by atoms with Gasteiger partial charge in [0, 0.05) is 16.6 Å². The molecule has 0 amide bonds. The Hall–Kier alpha value is -0.730. The average Bonchev–Trinajstić information content (AvgIpc) is 3.06. The quantitative estimate of drug-likeness (QED) is 0.843. The molecule has 2 nitrogen and oxygen atoms in total. The SMILES string of the molecule is CC(N)Cc1c(Cl)cccc1OCCC1CC1. The van der Waals surface area contributed by atoms with Crippen molar-refractivity contribution in [3.8, 4) is 5.75 Å². The fourth-order valence-corrected chi connectivity index (χ4v) is 2.18. The molecule has 1 saturated carbocycles. The van der Waals surface area contributed by atoms with Gasteiger partial charge in [0.25, 0.3) is 0 Å². The van der Waals surface area contributed by atoms with Crippen LogP contribution in [0.2, 0.25) is 5.02 Å². The third kappa shape index (κ3) is 3.90. The van der Waals surface area contributed by atoms with Gasteiger partial charge in [0.2, 0.25) is 0 Å². The second-order valence-corrected chi connectivity index (χ2v) is 5.39. The summed E-state index contributed by atoms with van der Waals surface area (Å²) in [6, 6.07) is 5.91. The number of hydrogen-bond donors (Lipinski definition) is 1. The molecule has 1 unspecified atom stereocenters. The summed E-state index contributed by atoms with van der Waals surface area (Å²) >= 11 is 6.19. The standard InChI is InChI=1S/C14H20ClNO/c1-10(16)9-12-13(15)3-2-4-14(12)17-8-7-11-5-6-11/h2-4,10-11H,5-9,16H2,1H3. The highest BCUT2D eigenvalue weighted by Gasteiger charge is 2.21. The summed E-state index contributed by atoms with van der Waals surface area (Å²) in [6.07, 6.45) is 4.65. The molecule has 0 radical (unpaired) electrons. The van der Waals surface area contributed by atoms with Gasteiger partial charge in [-0.1, -0.05) is 30.5 Å². The predicted octanol–water partition coefficient (Wildman–Crippen LogP) is 3.41. The second kappa shape index (κ2) is 5.74. The van der Waals surface area contributed by atoms with E-state index in [9.17, 15) is 0 Å². The molecule has 1 aromatic rings. The zero-order valence-corrected chi connectivity index (χ0v) is 11.0. The first-order valence-electron chi connectivity index (χ1n) is 6.32. The second-order valence-electron chi connectivity index (χ2n) is 4.98. The molecular weight excluding hydrogens is 234 g/mol. The molecule has 1 aliphatic rings. The van der Waals surface area contributed by atoms with Gasteiger partial charge in [-0.05, 0) is 37.8 Å². The topological polar surface area (TPSA) is 35.2 Å². The Kier molecular flexibility index (Phi) is 4.30. The van der Waals surface area contributed by atoms with Crippen LogP contribution in [0.5, 0.6) is 5.75 Å². The van der Waals surface area contributed by atoms with Gasteiger partial charge in [0.05, 0.1) is 6.61 Å². The lowest BCUT2D eigenvalue weighted by molar-refractivity contribution is 0.299. The Labute approximate surface area is 108 Å². The van der Waals surface area contributed by atoms with E-state index in [1.54, 1.807) is 0 Å². The minimum absolute atomic E-state index is 0.0979. The smallest absolute Gasteiger partial charge is 0.124 e. The predicted molar refractivity (Wildman–Crippen MR) is 71.6 cm³/mol. The maximum absolute atomic E-state index is 6.19. The molecule has 1 aromatic carbocycles. The fourth-order valence-electron chi connectivity index (χ4n) is 1.94. The van der Waals surface area contributed by atoms with Crippen LogP contribution in [0.15, 0.2) is 18.2 Å². The third-order valence-electron chi connectivity index (χ3n) is 3.08. The highest BCUT2D eigenvalue weighted by molar-refractivity contribution is 6.31. The Morgan fingerprint density at radius 2 is 2.24 bits per heavy atom. The van der Waals surface area contributed by atoms with E-state index in [1.807, 2.05) is 25.1 Å². The first-order valence-corrected chi connectivity index (χ1v) is 6.70. The van der Waals surface area contributed by atoms with Gasteiger partial charge in [0.15, 0.2) is 0 Å². The van der Waals surface area contributed by atoms with Crippen LogP contribution in [-0.4, -0.2) is 12.6 Å². The molecule has 0 spiro atoms. The average molecular weight is 254 g/mol. The van der Waals surface area contributed by atoms with Crippen LogP contribution < -0.4 is 10.5 Å². The van der Waals surface area contributed by atoms with Crippen molar-refractivity contribution in [3.05, 3.63) is 28.8 Å². The number of ether oxygens (including phenoxy) is 1. The fraction of sp³-hybridized carbons (Fsp3) is 0.571. The van der Waals surface area contributed by atoms with Crippen molar-refractivity contribution in [3.63, 3.8) is 0 Å². The van der Waals surface area contributed by atoms with Gasteiger partial charge < -0.3 is 10.5 Å². The Bertz CT molecular complexity index is 374. The van der Waals surface area contributed by atoms with Gasteiger partial charge in [-0.25, -0.2) is 0 Å². The summed E-state index contributed by atoms with van der Waals surface area (Å²) in [5.41, 5.74) is 6.88. The van der Waals surface area contributed by atoms with Crippen molar-refractivity contribution in [1.82, 2.24) is 0 Å². The van der Waals surface area contributed by atoms with E-state index in [4.69, 9.17) is 22.1 Å². The van der Waals surface area contributed by atoms with E-state index >= 15 is 0 Å². The van der Waals surface area contributed by atoms with E-state index in [0.29, 0.717) is 0 Å². The van der Waals surface area contributed by atoms with Crippen molar-refractivity contribution < 1.29 is 4.74 Å². The summed E-state index contributed by atoms with van der Waals surface area (Å²) in [5, 5.41) is 0.756. The van der Waals surface area contributed by atoms with E-state index in [0.717, 1.165) is 41.7 Å². The van der Waals surface area contributed by atoms with Crippen molar-refractivity contribution >= 4 is 11.6 Å². The summed E-state index contributed by atoms with van der Waals surface area (Å²) in [4.78, 5) is 0. The molecule has 17 heavy (non-hydrogen) atoms. The molecule has 2 N–H and O–H groups in total. The van der Waals surface area contributed by atoms with E-state index < -0.39 is 0 Å². The van der Waals surface area contributed by atoms with Crippen LogP contribution in [-0.2, 0) is 6.42 Å². The largest absolute Gasteiger partial charge is 0.493 e. The molecule has 3 heteroatoms. The van der Waals surface area contributed by atoms with Crippen LogP contribution in [0, 0.1) is 5.92 Å². The first-order chi connectivity index (χ1) is 8.16. The van der Waals surface area contributed by atoms with Gasteiger partial charge in [0.1, 0.15) is 5.75 Å². The number of nitrogens with two attached hydrogens (primary N) is 1. The molecule has 1 fully saturated rings. The van der Waals surface area contributed by atoms with Crippen molar-refractivity contribution in [2.45, 2.75) is 38.6 Å². The maximum Gasteiger partial charge on any atom is 0.124 e. The first kappa shape index (κ1) is 12.7. The summed E-state index contributed by atoms with van der Waals surface area (Å²) in [5.74, 6) is 1.79. The number of rotatable bonds is 6. The highest BCUT2D eigenvalue weighted by Crippen LogP contribution is 2.33. The normalized spacial score (nSPS) is 16.9. The Morgan fingerprint density at radius 3 is 2.88 bits per heavy atom. The molecule has 1 atom stereocenters. The molecule has 94 valence electrons. The van der Waals surface area contributed by atoms with Crippen molar-refractivity contribution in [1.29, 1.82) is 0 Å². The lowest BCUT2D eigenvalue weighted by Gasteiger charge is -2.14. The number of halogens is 1. The van der Waals surface area contributed by atoms with Crippen LogP contribution in [0.4, 0.5) is 0 Å². The number of benzene rings is 1. The van der Waals surface area contributed by atoms with Gasteiger partial charge in [-0.2, -0.15) is 0 Å². The molecule has 2 rings (SSSR count). The summed E-state index contributed by atoms with van der Waals surface area (Å²) in [6.45, 7) is 2.77. The van der Waals surface area contributed by atoms with Crippen LogP contribution >= 0.6 is 11.6 Å². The molecule has 0 aromatic heterocycles. The zero-order chi connectivity index (χ0) is 12.3. The maximum atomic E-state index is 6.19. The lowest BCUT2D eigenvalue weighted by atomic mass is 10.1. The minimum Gasteiger partial charge on any atom is -0.493 e. The van der Waals surface area contributed by atoms with Crippen LogP contribution in [0.1, 0.15) is 31.7 Å². The van der Waals surface area contributed by atoms with E-state index in [1.165, 1.54) is 12.8 Å². The lowest BCUT2D eigenvalue weighted by Crippen LogP contribution is -2.18.